The smallest absolute Gasteiger partial charge is 0.264 e. The van der Waals surface area contributed by atoms with Crippen LogP contribution in [0.3, 0.4) is 0 Å². The van der Waals surface area contributed by atoms with Gasteiger partial charge in [0.15, 0.2) is 0 Å². The van der Waals surface area contributed by atoms with Gasteiger partial charge in [0.2, 0.25) is 11.8 Å². The second-order valence-electron chi connectivity index (χ2n) is 11.0. The van der Waals surface area contributed by atoms with Gasteiger partial charge in [-0.3, -0.25) is 13.9 Å². The summed E-state index contributed by atoms with van der Waals surface area (Å²) in [4.78, 5) is 29.8. The molecule has 2 amide bonds. The number of hydrogen-bond acceptors (Lipinski definition) is 4. The van der Waals surface area contributed by atoms with Crippen molar-refractivity contribution < 1.29 is 18.0 Å². The molecule has 0 unspecified atom stereocenters. The quantitative estimate of drug-likeness (QED) is 0.137. The van der Waals surface area contributed by atoms with E-state index in [1.165, 1.54) is 35.2 Å². The molecule has 1 atom stereocenters. The summed E-state index contributed by atoms with van der Waals surface area (Å²) in [6, 6.07) is 26.1. The summed E-state index contributed by atoms with van der Waals surface area (Å²) in [6.07, 6.45) is 1.85. The van der Waals surface area contributed by atoms with Gasteiger partial charge >= 0.3 is 0 Å². The first kappa shape index (κ1) is 35.3. The van der Waals surface area contributed by atoms with Crippen LogP contribution in [0.4, 0.5) is 5.69 Å². The molecule has 0 aromatic heterocycles. The van der Waals surface area contributed by atoms with Gasteiger partial charge in [-0.1, -0.05) is 108 Å². The Balaban J connectivity index is 1.81. The molecule has 4 aromatic rings. The van der Waals surface area contributed by atoms with Crippen molar-refractivity contribution in [2.24, 2.45) is 0 Å². The van der Waals surface area contributed by atoms with E-state index in [2.05, 4.69) is 5.32 Å². The number of hydrogen-bond donors (Lipinski definition) is 1. The summed E-state index contributed by atoms with van der Waals surface area (Å²) in [5, 5.41) is 3.84. The number of unbranched alkanes of at least 4 members (excludes halogenated alkanes) is 1. The van der Waals surface area contributed by atoms with Gasteiger partial charge < -0.3 is 10.2 Å². The van der Waals surface area contributed by atoms with Crippen molar-refractivity contribution >= 4 is 62.3 Å². The monoisotopic (exact) mass is 699 g/mol. The SMILES string of the molecule is CCCCNC(=O)[C@@H](Cc1ccccc1)N(Cc1cccc(Cl)c1)C(=O)CN(c1cc(Cl)cc(Cl)c1)S(=O)(=O)c1ccc(C)cc1. The van der Waals surface area contributed by atoms with Crippen LogP contribution < -0.4 is 9.62 Å². The molecule has 0 radical (unpaired) electrons. The molecular formula is C35H36Cl3N3O4S. The summed E-state index contributed by atoms with van der Waals surface area (Å²) < 4.78 is 29.3. The number of aryl methyl sites for hydroxylation is 1. The predicted octanol–water partition coefficient (Wildman–Crippen LogP) is 7.71. The van der Waals surface area contributed by atoms with Gasteiger partial charge in [0.1, 0.15) is 12.6 Å². The van der Waals surface area contributed by atoms with Gasteiger partial charge in [0, 0.05) is 34.6 Å². The fourth-order valence-corrected chi connectivity index (χ4v) is 7.07. The highest BCUT2D eigenvalue weighted by atomic mass is 35.5. The molecule has 0 heterocycles. The zero-order chi connectivity index (χ0) is 33.3. The van der Waals surface area contributed by atoms with Crippen molar-refractivity contribution in [3.05, 3.63) is 129 Å². The summed E-state index contributed by atoms with van der Waals surface area (Å²) in [7, 11) is -4.29. The summed E-state index contributed by atoms with van der Waals surface area (Å²) in [6.45, 7) is 3.69. The maximum absolute atomic E-state index is 14.5. The minimum Gasteiger partial charge on any atom is -0.354 e. The van der Waals surface area contributed by atoms with Crippen LogP contribution in [0.15, 0.2) is 102 Å². The zero-order valence-electron chi connectivity index (χ0n) is 25.6. The molecule has 11 heteroatoms. The molecule has 0 saturated heterocycles. The number of anilines is 1. The highest BCUT2D eigenvalue weighted by Gasteiger charge is 2.35. The topological polar surface area (TPSA) is 86.8 Å². The Kier molecular flexibility index (Phi) is 12.5. The van der Waals surface area contributed by atoms with Crippen molar-refractivity contribution in [3.63, 3.8) is 0 Å². The average molecular weight is 701 g/mol. The lowest BCUT2D eigenvalue weighted by atomic mass is 10.0. The Hall–Kier alpha value is -3.56. The van der Waals surface area contributed by atoms with Crippen LogP contribution in [0.25, 0.3) is 0 Å². The third-order valence-electron chi connectivity index (χ3n) is 7.37. The molecule has 0 aliphatic heterocycles. The van der Waals surface area contributed by atoms with Gasteiger partial charge in [-0.15, -0.1) is 0 Å². The first-order valence-corrected chi connectivity index (χ1v) is 17.5. The van der Waals surface area contributed by atoms with Crippen LogP contribution in [-0.2, 0) is 32.6 Å². The Labute approximate surface area is 286 Å². The molecule has 0 saturated carbocycles. The molecule has 4 rings (SSSR count). The molecule has 46 heavy (non-hydrogen) atoms. The lowest BCUT2D eigenvalue weighted by Gasteiger charge is -2.34. The van der Waals surface area contributed by atoms with E-state index in [4.69, 9.17) is 34.8 Å². The molecule has 0 fully saturated rings. The molecule has 242 valence electrons. The molecular weight excluding hydrogens is 665 g/mol. The van der Waals surface area contributed by atoms with Crippen LogP contribution in [0, 0.1) is 6.92 Å². The number of carbonyl (C=O) groups is 2. The number of nitrogens with one attached hydrogen (secondary N) is 1. The minimum atomic E-state index is -4.29. The van der Waals surface area contributed by atoms with E-state index < -0.39 is 28.5 Å². The normalized spacial score (nSPS) is 11.9. The van der Waals surface area contributed by atoms with E-state index in [-0.39, 0.29) is 39.5 Å². The van der Waals surface area contributed by atoms with Gasteiger partial charge in [-0.2, -0.15) is 0 Å². The fraction of sp³-hybridized carbons (Fsp3) is 0.257. The highest BCUT2D eigenvalue weighted by molar-refractivity contribution is 7.92. The van der Waals surface area contributed by atoms with E-state index in [9.17, 15) is 18.0 Å². The van der Waals surface area contributed by atoms with Gasteiger partial charge in [-0.05, 0) is 66.9 Å². The van der Waals surface area contributed by atoms with E-state index in [0.717, 1.165) is 28.3 Å². The Bertz CT molecular complexity index is 1730. The van der Waals surface area contributed by atoms with E-state index in [1.807, 2.05) is 44.2 Å². The number of sulfonamides is 1. The Morgan fingerprint density at radius 3 is 2.09 bits per heavy atom. The third kappa shape index (κ3) is 9.48. The van der Waals surface area contributed by atoms with E-state index >= 15 is 0 Å². The number of halogens is 3. The standard InChI is InChI=1S/C35H36Cl3N3O4S/c1-3-4-17-39-35(43)33(19-26-9-6-5-7-10-26)40(23-27-11-8-12-28(36)18-27)34(42)24-41(31-21-29(37)20-30(38)22-31)46(44,45)32-15-13-25(2)14-16-32/h5-16,18,20-22,33H,3-4,17,19,23-24H2,1-2H3,(H,39,43)/t33-/m1/s1. The average Bonchev–Trinajstić information content (AvgIpc) is 3.01. The van der Waals surface area contributed by atoms with Crippen molar-refractivity contribution in [3.8, 4) is 0 Å². The van der Waals surface area contributed by atoms with Crippen molar-refractivity contribution in [1.29, 1.82) is 0 Å². The van der Waals surface area contributed by atoms with Crippen LogP contribution in [0.1, 0.15) is 36.5 Å². The minimum absolute atomic E-state index is 0.00676. The number of amides is 2. The third-order valence-corrected chi connectivity index (χ3v) is 9.83. The largest absolute Gasteiger partial charge is 0.354 e. The molecule has 0 aliphatic carbocycles. The molecule has 1 N–H and O–H groups in total. The number of carbonyl (C=O) groups excluding carboxylic acids is 2. The first-order chi connectivity index (χ1) is 22.0. The number of benzene rings is 4. The summed E-state index contributed by atoms with van der Waals surface area (Å²) >= 11 is 18.9. The van der Waals surface area contributed by atoms with E-state index in [1.54, 1.807) is 36.4 Å². The Morgan fingerprint density at radius 1 is 0.804 bits per heavy atom. The Morgan fingerprint density at radius 2 is 1.46 bits per heavy atom. The van der Waals surface area contributed by atoms with Crippen LogP contribution >= 0.6 is 34.8 Å². The van der Waals surface area contributed by atoms with Crippen molar-refractivity contribution in [1.82, 2.24) is 10.2 Å². The second-order valence-corrected chi connectivity index (χ2v) is 14.1. The summed E-state index contributed by atoms with van der Waals surface area (Å²) in [5.74, 6) is -0.940. The molecule has 4 aromatic carbocycles. The lowest BCUT2D eigenvalue weighted by Crippen LogP contribution is -2.53. The number of rotatable bonds is 14. The lowest BCUT2D eigenvalue weighted by molar-refractivity contribution is -0.140. The highest BCUT2D eigenvalue weighted by Crippen LogP contribution is 2.30. The van der Waals surface area contributed by atoms with Crippen molar-refractivity contribution in [2.75, 3.05) is 17.4 Å². The fourth-order valence-electron chi connectivity index (χ4n) is 4.94. The van der Waals surface area contributed by atoms with Crippen molar-refractivity contribution in [2.45, 2.75) is 50.6 Å². The molecule has 7 nitrogen and oxygen atoms in total. The maximum Gasteiger partial charge on any atom is 0.264 e. The molecule has 0 spiro atoms. The van der Waals surface area contributed by atoms with Crippen LogP contribution in [0.2, 0.25) is 15.1 Å². The van der Waals surface area contributed by atoms with Crippen LogP contribution in [0.5, 0.6) is 0 Å². The molecule has 0 bridgehead atoms. The predicted molar refractivity (Wildman–Crippen MR) is 186 cm³/mol. The first-order valence-electron chi connectivity index (χ1n) is 14.9. The second kappa shape index (κ2) is 16.3. The number of nitrogens with zero attached hydrogens (tertiary/aromatic N) is 2. The van der Waals surface area contributed by atoms with E-state index in [0.29, 0.717) is 17.1 Å². The van der Waals surface area contributed by atoms with Gasteiger partial charge in [-0.25, -0.2) is 8.42 Å². The molecule has 0 aliphatic rings. The summed E-state index contributed by atoms with van der Waals surface area (Å²) in [5.41, 5.74) is 2.51. The van der Waals surface area contributed by atoms with Gasteiger partial charge in [0.25, 0.3) is 10.0 Å². The maximum atomic E-state index is 14.5. The van der Waals surface area contributed by atoms with Gasteiger partial charge in [0.05, 0.1) is 10.6 Å². The zero-order valence-corrected chi connectivity index (χ0v) is 28.7. The van der Waals surface area contributed by atoms with Crippen LogP contribution in [-0.4, -0.2) is 44.3 Å².